The van der Waals surface area contributed by atoms with E-state index in [9.17, 15) is 18.0 Å². The highest BCUT2D eigenvalue weighted by Crippen LogP contribution is 2.32. The van der Waals surface area contributed by atoms with E-state index in [4.69, 9.17) is 0 Å². The average molecular weight is 499 g/mol. The third kappa shape index (κ3) is 5.71. The molecule has 3 heterocycles. The molecule has 1 N–H and O–H groups in total. The summed E-state index contributed by atoms with van der Waals surface area (Å²) in [5.41, 5.74) is 3.12. The molecule has 0 atom stereocenters. The van der Waals surface area contributed by atoms with Crippen molar-refractivity contribution in [3.63, 3.8) is 0 Å². The minimum Gasteiger partial charge on any atom is -0.406 e. The van der Waals surface area contributed by atoms with E-state index in [2.05, 4.69) is 36.7 Å². The molecule has 188 valence electrons. The third-order valence-corrected chi connectivity index (χ3v) is 5.29. The number of carbonyl (C=O) groups is 1. The number of carbonyl (C=O) groups excluding carboxylic acids is 1. The molecule has 0 spiro atoms. The molecule has 4 rings (SSSR count). The van der Waals surface area contributed by atoms with E-state index in [1.54, 1.807) is 12.4 Å². The summed E-state index contributed by atoms with van der Waals surface area (Å²) in [6.07, 6.45) is 1.67. The molecule has 0 saturated carbocycles. The summed E-state index contributed by atoms with van der Waals surface area (Å²) in [6.45, 7) is 5.08. The number of rotatable bonds is 9. The maximum absolute atomic E-state index is 12.6. The minimum atomic E-state index is -4.79. The van der Waals surface area contributed by atoms with Crippen molar-refractivity contribution < 1.29 is 22.7 Å². The van der Waals surface area contributed by atoms with E-state index in [1.165, 1.54) is 28.9 Å². The molecule has 0 aliphatic rings. The monoisotopic (exact) mass is 499 g/mol. The van der Waals surface area contributed by atoms with Crippen molar-refractivity contribution in [3.8, 4) is 22.6 Å². The van der Waals surface area contributed by atoms with Crippen LogP contribution in [0.3, 0.4) is 0 Å². The molecule has 1 aromatic carbocycles. The molecule has 0 bridgehead atoms. The van der Waals surface area contributed by atoms with Crippen LogP contribution in [0.15, 0.2) is 61.6 Å². The number of hydrogen-bond donors (Lipinski definition) is 1. The lowest BCUT2D eigenvalue weighted by atomic mass is 10.1. The first-order valence-electron chi connectivity index (χ1n) is 10.9. The Morgan fingerprint density at radius 1 is 1.22 bits per heavy atom. The van der Waals surface area contributed by atoms with Crippen molar-refractivity contribution in [3.05, 3.63) is 67.3 Å². The van der Waals surface area contributed by atoms with Crippen LogP contribution in [0.4, 0.5) is 13.2 Å². The number of nitrogens with zero attached hydrogens (tertiary/aromatic N) is 6. The number of halogens is 3. The molecule has 3 aromatic heterocycles. The van der Waals surface area contributed by atoms with Gasteiger partial charge in [0.15, 0.2) is 5.65 Å². The van der Waals surface area contributed by atoms with Gasteiger partial charge in [-0.1, -0.05) is 6.58 Å². The summed E-state index contributed by atoms with van der Waals surface area (Å²) in [7, 11) is 3.97. The molecule has 0 saturated heterocycles. The van der Waals surface area contributed by atoms with E-state index < -0.39 is 6.36 Å². The molecule has 9 nitrogen and oxygen atoms in total. The van der Waals surface area contributed by atoms with Gasteiger partial charge in [-0.25, -0.2) is 9.67 Å². The topological polar surface area (TPSA) is 90.1 Å². The predicted molar refractivity (Wildman–Crippen MR) is 127 cm³/mol. The summed E-state index contributed by atoms with van der Waals surface area (Å²) < 4.78 is 45.0. The first-order chi connectivity index (χ1) is 17.1. The van der Waals surface area contributed by atoms with Gasteiger partial charge in [0.05, 0.1) is 36.1 Å². The van der Waals surface area contributed by atoms with Gasteiger partial charge >= 0.3 is 6.36 Å². The minimum absolute atomic E-state index is 0.0943. The van der Waals surface area contributed by atoms with Gasteiger partial charge in [-0.15, -0.1) is 13.2 Å². The Bertz CT molecular complexity index is 1370. The lowest BCUT2D eigenvalue weighted by molar-refractivity contribution is -0.274. The molecular formula is C24H24F3N7O2. The summed E-state index contributed by atoms with van der Waals surface area (Å²) in [5, 5.41) is 12.5. The number of likely N-dealkylation sites (N-methyl/N-ethyl adjacent to an activating group) is 1. The van der Waals surface area contributed by atoms with Crippen molar-refractivity contribution in [2.45, 2.75) is 19.5 Å². The van der Waals surface area contributed by atoms with Crippen molar-refractivity contribution in [1.82, 2.24) is 34.8 Å². The van der Waals surface area contributed by atoms with Crippen molar-refractivity contribution in [2.75, 3.05) is 20.6 Å². The molecule has 1 amide bonds. The van der Waals surface area contributed by atoms with Crippen LogP contribution in [0, 0.1) is 0 Å². The van der Waals surface area contributed by atoms with Gasteiger partial charge in [0, 0.05) is 24.5 Å². The van der Waals surface area contributed by atoms with Gasteiger partial charge in [-0.3, -0.25) is 9.48 Å². The average Bonchev–Trinajstić information content (AvgIpc) is 3.46. The normalized spacial score (nSPS) is 11.7. The van der Waals surface area contributed by atoms with Crippen LogP contribution in [0.2, 0.25) is 0 Å². The number of benzene rings is 1. The van der Waals surface area contributed by atoms with E-state index in [0.29, 0.717) is 29.0 Å². The van der Waals surface area contributed by atoms with Crippen LogP contribution in [0.1, 0.15) is 5.69 Å². The number of alkyl halides is 3. The first kappa shape index (κ1) is 24.9. The quantitative estimate of drug-likeness (QED) is 0.355. The second kappa shape index (κ2) is 10.2. The number of fused-ring (bicyclic) bond motifs is 1. The lowest BCUT2D eigenvalue weighted by Crippen LogP contribution is -2.20. The Balaban J connectivity index is 1.77. The Morgan fingerprint density at radius 3 is 2.64 bits per heavy atom. The van der Waals surface area contributed by atoms with E-state index in [0.717, 1.165) is 23.7 Å². The maximum atomic E-state index is 12.6. The van der Waals surface area contributed by atoms with Crippen LogP contribution in [-0.4, -0.2) is 62.4 Å². The predicted octanol–water partition coefficient (Wildman–Crippen LogP) is 3.55. The summed E-state index contributed by atoms with van der Waals surface area (Å²) in [6, 6.07) is 7.14. The maximum Gasteiger partial charge on any atom is 0.573 e. The van der Waals surface area contributed by atoms with Gasteiger partial charge in [0.25, 0.3) is 0 Å². The Kier molecular flexibility index (Phi) is 7.06. The summed E-state index contributed by atoms with van der Waals surface area (Å²) >= 11 is 0. The Hall–Kier alpha value is -4.19. The number of ether oxygens (including phenoxy) is 1. The van der Waals surface area contributed by atoms with Gasteiger partial charge in [0.2, 0.25) is 5.91 Å². The fraction of sp³-hybridized carbons (Fsp3) is 0.250. The smallest absolute Gasteiger partial charge is 0.406 e. The van der Waals surface area contributed by atoms with E-state index in [1.807, 2.05) is 31.0 Å². The van der Waals surface area contributed by atoms with Crippen LogP contribution in [-0.2, 0) is 17.9 Å². The number of amides is 1. The highest BCUT2D eigenvalue weighted by molar-refractivity contribution is 5.95. The number of hydrogen-bond acceptors (Lipinski definition) is 6. The zero-order valence-corrected chi connectivity index (χ0v) is 19.7. The molecule has 0 aliphatic carbocycles. The zero-order valence-electron chi connectivity index (χ0n) is 19.7. The van der Waals surface area contributed by atoms with Crippen LogP contribution in [0.25, 0.3) is 27.8 Å². The number of pyridine rings is 1. The van der Waals surface area contributed by atoms with E-state index >= 15 is 0 Å². The summed E-state index contributed by atoms with van der Waals surface area (Å²) in [4.78, 5) is 18.4. The molecule has 4 aromatic rings. The van der Waals surface area contributed by atoms with Gasteiger partial charge in [-0.05, 0) is 56.1 Å². The second-order valence-corrected chi connectivity index (χ2v) is 8.17. The van der Waals surface area contributed by atoms with Crippen molar-refractivity contribution in [2.24, 2.45) is 0 Å². The molecule has 36 heavy (non-hydrogen) atoms. The molecule has 0 aliphatic heterocycles. The fourth-order valence-corrected chi connectivity index (χ4v) is 3.62. The van der Waals surface area contributed by atoms with Crippen LogP contribution < -0.4 is 10.1 Å². The van der Waals surface area contributed by atoms with E-state index in [-0.39, 0.29) is 18.2 Å². The lowest BCUT2D eigenvalue weighted by Gasteiger charge is -2.09. The van der Waals surface area contributed by atoms with Gasteiger partial charge < -0.3 is 15.0 Å². The SMILES string of the molecule is C=CC(=O)NCc1nn(-c2ccc(OC(F)(F)F)cc2)c2nccc(-c3cnn(CCN(C)C)c3)c12. The molecule has 0 unspecified atom stereocenters. The molecular weight excluding hydrogens is 475 g/mol. The van der Waals surface area contributed by atoms with Crippen LogP contribution in [0.5, 0.6) is 5.75 Å². The summed E-state index contributed by atoms with van der Waals surface area (Å²) in [5.74, 6) is -0.715. The second-order valence-electron chi connectivity index (χ2n) is 8.17. The highest BCUT2D eigenvalue weighted by Gasteiger charge is 2.31. The third-order valence-electron chi connectivity index (χ3n) is 5.29. The van der Waals surface area contributed by atoms with Crippen LogP contribution >= 0.6 is 0 Å². The molecule has 0 fully saturated rings. The number of nitrogens with one attached hydrogen (secondary N) is 1. The van der Waals surface area contributed by atoms with Gasteiger partial charge in [0.1, 0.15) is 5.75 Å². The number of aromatic nitrogens is 5. The highest BCUT2D eigenvalue weighted by atomic mass is 19.4. The Labute approximate surface area is 204 Å². The fourth-order valence-electron chi connectivity index (χ4n) is 3.62. The molecule has 12 heteroatoms. The zero-order chi connectivity index (χ0) is 25.9. The van der Waals surface area contributed by atoms with Gasteiger partial charge in [-0.2, -0.15) is 10.2 Å². The largest absolute Gasteiger partial charge is 0.573 e. The molecule has 0 radical (unpaired) electrons. The Morgan fingerprint density at radius 2 is 1.97 bits per heavy atom. The first-order valence-corrected chi connectivity index (χ1v) is 10.9. The standard InChI is InChI=1S/C24H24F3N7O2/c1-4-21(35)29-14-20-22-19(16-13-30-33(15-16)12-11-32(2)3)9-10-28-23(22)34(31-20)17-5-7-18(8-6-17)36-24(25,26)27/h4-10,13,15H,1,11-12,14H2,2-3H3,(H,29,35). The van der Waals surface area contributed by atoms with Crippen molar-refractivity contribution >= 4 is 16.9 Å². The van der Waals surface area contributed by atoms with Crippen molar-refractivity contribution in [1.29, 1.82) is 0 Å².